The number of carbonyl (C=O) groups is 1. The fraction of sp³-hybridized carbons (Fsp3) is 0.250. The quantitative estimate of drug-likeness (QED) is 0.634. The van der Waals surface area contributed by atoms with Crippen LogP contribution in [0.15, 0.2) is 24.5 Å². The number of carbonyl (C=O) groups excluding carboxylic acids is 1. The van der Waals surface area contributed by atoms with Crippen molar-refractivity contribution in [2.24, 2.45) is 0 Å². The van der Waals surface area contributed by atoms with Crippen molar-refractivity contribution >= 4 is 17.4 Å². The maximum absolute atomic E-state index is 10.8. The zero-order valence-electron chi connectivity index (χ0n) is 6.12. The van der Waals surface area contributed by atoms with E-state index in [1.165, 1.54) is 6.92 Å². The Morgan fingerprint density at radius 1 is 1.73 bits per heavy atom. The van der Waals surface area contributed by atoms with E-state index in [9.17, 15) is 4.79 Å². The molecule has 0 aliphatic carbocycles. The Balaban J connectivity index is 2.85. The second-order valence-electron chi connectivity index (χ2n) is 2.26. The molecule has 1 atom stereocenters. The molecule has 1 heterocycles. The fourth-order valence-corrected chi connectivity index (χ4v) is 0.890. The summed E-state index contributed by atoms with van der Waals surface area (Å²) in [5.74, 6) is -0.0559. The molecule has 3 heteroatoms. The molecule has 0 saturated heterocycles. The van der Waals surface area contributed by atoms with Crippen molar-refractivity contribution in [3.8, 4) is 0 Å². The number of nitrogens with zero attached hydrogens (tertiary/aromatic N) is 1. The summed E-state index contributed by atoms with van der Waals surface area (Å²) >= 11 is 5.75. The van der Waals surface area contributed by atoms with E-state index in [1.54, 1.807) is 24.5 Å². The van der Waals surface area contributed by atoms with Gasteiger partial charge in [0, 0.05) is 12.4 Å². The molecular weight excluding hydrogens is 162 g/mol. The molecule has 0 spiro atoms. The molecular formula is C8H8ClNO. The molecule has 58 valence electrons. The summed E-state index contributed by atoms with van der Waals surface area (Å²) in [6.07, 6.45) is 3.24. The van der Waals surface area contributed by atoms with Gasteiger partial charge < -0.3 is 0 Å². The molecule has 0 saturated carbocycles. The lowest BCUT2D eigenvalue weighted by Gasteiger charge is -2.02. The molecule has 0 aliphatic heterocycles. The van der Waals surface area contributed by atoms with Crippen molar-refractivity contribution in [3.05, 3.63) is 30.1 Å². The molecule has 0 amide bonds. The summed E-state index contributed by atoms with van der Waals surface area (Å²) in [5, 5.41) is -0.552. The highest BCUT2D eigenvalue weighted by atomic mass is 35.5. The van der Waals surface area contributed by atoms with Crippen LogP contribution in [0.2, 0.25) is 0 Å². The van der Waals surface area contributed by atoms with Gasteiger partial charge in [0.15, 0.2) is 5.78 Å². The molecule has 0 aromatic carbocycles. The van der Waals surface area contributed by atoms with Crippen LogP contribution in [0, 0.1) is 0 Å². The van der Waals surface area contributed by atoms with E-state index in [4.69, 9.17) is 11.6 Å². The highest BCUT2D eigenvalue weighted by Gasteiger charge is 2.11. The van der Waals surface area contributed by atoms with E-state index in [2.05, 4.69) is 4.98 Å². The summed E-state index contributed by atoms with van der Waals surface area (Å²) < 4.78 is 0. The first-order chi connectivity index (χ1) is 5.22. The third-order valence-corrected chi connectivity index (χ3v) is 1.89. The number of rotatable bonds is 2. The van der Waals surface area contributed by atoms with Crippen molar-refractivity contribution in [1.29, 1.82) is 0 Å². The minimum absolute atomic E-state index is 0.0559. The summed E-state index contributed by atoms with van der Waals surface area (Å²) in [5.41, 5.74) is 0.752. The lowest BCUT2D eigenvalue weighted by atomic mass is 10.1. The van der Waals surface area contributed by atoms with Gasteiger partial charge in [-0.1, -0.05) is 6.07 Å². The van der Waals surface area contributed by atoms with Gasteiger partial charge in [0.2, 0.25) is 0 Å². The van der Waals surface area contributed by atoms with Gasteiger partial charge >= 0.3 is 0 Å². The Labute approximate surface area is 70.2 Å². The van der Waals surface area contributed by atoms with Gasteiger partial charge in [-0.15, -0.1) is 11.6 Å². The Morgan fingerprint density at radius 3 is 2.91 bits per heavy atom. The van der Waals surface area contributed by atoms with Gasteiger partial charge in [-0.3, -0.25) is 9.78 Å². The van der Waals surface area contributed by atoms with Crippen LogP contribution in [0.25, 0.3) is 0 Å². The number of pyridine rings is 1. The summed E-state index contributed by atoms with van der Waals surface area (Å²) in [6, 6.07) is 3.54. The molecule has 0 fully saturated rings. The molecule has 1 unspecified atom stereocenters. The lowest BCUT2D eigenvalue weighted by Crippen LogP contribution is -2.01. The first-order valence-corrected chi connectivity index (χ1v) is 3.70. The van der Waals surface area contributed by atoms with Gasteiger partial charge in [-0.05, 0) is 18.6 Å². The van der Waals surface area contributed by atoms with Crippen LogP contribution >= 0.6 is 11.6 Å². The van der Waals surface area contributed by atoms with Gasteiger partial charge in [0.25, 0.3) is 0 Å². The highest BCUT2D eigenvalue weighted by molar-refractivity contribution is 6.30. The highest BCUT2D eigenvalue weighted by Crippen LogP contribution is 2.19. The van der Waals surface area contributed by atoms with E-state index < -0.39 is 5.38 Å². The van der Waals surface area contributed by atoms with Crippen molar-refractivity contribution in [1.82, 2.24) is 4.98 Å². The van der Waals surface area contributed by atoms with Crippen molar-refractivity contribution < 1.29 is 4.79 Å². The Kier molecular flexibility index (Phi) is 2.60. The van der Waals surface area contributed by atoms with Gasteiger partial charge in [-0.2, -0.15) is 0 Å². The van der Waals surface area contributed by atoms with Crippen LogP contribution in [0.1, 0.15) is 17.9 Å². The van der Waals surface area contributed by atoms with Crippen LogP contribution in [0.4, 0.5) is 0 Å². The minimum Gasteiger partial charge on any atom is -0.298 e. The average molecular weight is 170 g/mol. The van der Waals surface area contributed by atoms with Crippen LogP contribution < -0.4 is 0 Å². The van der Waals surface area contributed by atoms with E-state index in [-0.39, 0.29) is 5.78 Å². The van der Waals surface area contributed by atoms with Gasteiger partial charge in [0.1, 0.15) is 5.38 Å². The Hall–Kier alpha value is -0.890. The molecule has 0 aliphatic rings. The monoisotopic (exact) mass is 169 g/mol. The van der Waals surface area contributed by atoms with Crippen LogP contribution in [-0.4, -0.2) is 10.8 Å². The maximum atomic E-state index is 10.8. The zero-order valence-corrected chi connectivity index (χ0v) is 6.88. The third kappa shape index (κ3) is 2.02. The second kappa shape index (κ2) is 3.49. The number of hydrogen-bond acceptors (Lipinski definition) is 2. The molecule has 1 rings (SSSR count). The van der Waals surface area contributed by atoms with Crippen LogP contribution in [0.3, 0.4) is 0 Å². The molecule has 0 N–H and O–H groups in total. The summed E-state index contributed by atoms with van der Waals surface area (Å²) in [4.78, 5) is 14.6. The number of halogens is 1. The number of ketones is 1. The molecule has 0 bridgehead atoms. The number of Topliss-reactive ketones (excluding diaryl/α,β-unsaturated/α-hetero) is 1. The van der Waals surface area contributed by atoms with E-state index in [1.807, 2.05) is 0 Å². The second-order valence-corrected chi connectivity index (χ2v) is 2.70. The topological polar surface area (TPSA) is 30.0 Å². The number of aromatic nitrogens is 1. The van der Waals surface area contributed by atoms with Crippen molar-refractivity contribution in [2.45, 2.75) is 12.3 Å². The normalized spacial score (nSPS) is 12.5. The first kappa shape index (κ1) is 8.21. The number of alkyl halides is 1. The maximum Gasteiger partial charge on any atom is 0.152 e. The fourth-order valence-electron chi connectivity index (χ4n) is 0.761. The molecule has 2 nitrogen and oxygen atoms in total. The van der Waals surface area contributed by atoms with Gasteiger partial charge in [0.05, 0.1) is 0 Å². The van der Waals surface area contributed by atoms with Crippen LogP contribution in [-0.2, 0) is 4.79 Å². The predicted octanol–water partition coefficient (Wildman–Crippen LogP) is 1.95. The largest absolute Gasteiger partial charge is 0.298 e. The summed E-state index contributed by atoms with van der Waals surface area (Å²) in [7, 11) is 0. The average Bonchev–Trinajstić information content (AvgIpc) is 2.05. The first-order valence-electron chi connectivity index (χ1n) is 3.26. The van der Waals surface area contributed by atoms with E-state index in [0.717, 1.165) is 5.56 Å². The molecule has 0 radical (unpaired) electrons. The van der Waals surface area contributed by atoms with E-state index in [0.29, 0.717) is 0 Å². The minimum atomic E-state index is -0.552. The summed E-state index contributed by atoms with van der Waals surface area (Å²) in [6.45, 7) is 1.46. The SMILES string of the molecule is CC(=O)C(Cl)c1cccnc1. The van der Waals surface area contributed by atoms with Crippen LogP contribution in [0.5, 0.6) is 0 Å². The zero-order chi connectivity index (χ0) is 8.27. The Bertz CT molecular complexity index is 248. The van der Waals surface area contributed by atoms with Crippen molar-refractivity contribution in [2.75, 3.05) is 0 Å². The third-order valence-electron chi connectivity index (χ3n) is 1.33. The van der Waals surface area contributed by atoms with E-state index >= 15 is 0 Å². The number of hydrogen-bond donors (Lipinski definition) is 0. The van der Waals surface area contributed by atoms with Crippen molar-refractivity contribution in [3.63, 3.8) is 0 Å². The molecule has 1 aromatic heterocycles. The lowest BCUT2D eigenvalue weighted by molar-refractivity contribution is -0.116. The Morgan fingerprint density at radius 2 is 2.45 bits per heavy atom. The predicted molar refractivity (Wildman–Crippen MR) is 43.5 cm³/mol. The molecule has 11 heavy (non-hydrogen) atoms. The smallest absolute Gasteiger partial charge is 0.152 e. The standard InChI is InChI=1S/C8H8ClNO/c1-6(11)8(9)7-3-2-4-10-5-7/h2-5,8H,1H3. The molecule has 1 aromatic rings. The van der Waals surface area contributed by atoms with Gasteiger partial charge in [-0.25, -0.2) is 0 Å².